The van der Waals surface area contributed by atoms with Crippen LogP contribution in [0.4, 0.5) is 17.6 Å². The molecule has 0 saturated carbocycles. The summed E-state index contributed by atoms with van der Waals surface area (Å²) in [7, 11) is 0. The first-order valence-corrected chi connectivity index (χ1v) is 6.26. The van der Waals surface area contributed by atoms with Gasteiger partial charge in [-0.1, -0.05) is 36.4 Å². The molecule has 1 nitrogen and oxygen atoms in total. The van der Waals surface area contributed by atoms with Crippen molar-refractivity contribution in [2.75, 3.05) is 0 Å². The van der Waals surface area contributed by atoms with Crippen molar-refractivity contribution < 1.29 is 22.4 Å². The predicted molar refractivity (Wildman–Crippen MR) is 69.9 cm³/mol. The van der Waals surface area contributed by atoms with Gasteiger partial charge in [0.1, 0.15) is 5.82 Å². The van der Waals surface area contributed by atoms with Crippen LogP contribution in [0.25, 0.3) is 11.1 Å². The molecule has 2 aromatic rings. The van der Waals surface area contributed by atoms with Crippen LogP contribution in [0.3, 0.4) is 0 Å². The van der Waals surface area contributed by atoms with Gasteiger partial charge in [-0.25, -0.2) is 4.39 Å². The Bertz CT molecular complexity index is 650. The number of rotatable bonds is 2. The molecule has 0 atom stereocenters. The molecule has 0 radical (unpaired) electrons. The Morgan fingerprint density at radius 3 is 2.15 bits per heavy atom. The van der Waals surface area contributed by atoms with Crippen molar-refractivity contribution in [2.45, 2.75) is 6.18 Å². The van der Waals surface area contributed by atoms with Gasteiger partial charge in [-0.05, 0) is 27.6 Å². The van der Waals surface area contributed by atoms with E-state index in [9.17, 15) is 22.4 Å². The predicted octanol–water partition coefficient (Wildman–Crippen LogP) is 5.00. The molecule has 0 bridgehead atoms. The lowest BCUT2D eigenvalue weighted by Crippen LogP contribution is -2.24. The van der Waals surface area contributed by atoms with Gasteiger partial charge < -0.3 is 0 Å². The Balaban J connectivity index is 2.63. The zero-order chi connectivity index (χ0) is 14.9. The van der Waals surface area contributed by atoms with Crippen LogP contribution >= 0.6 is 15.9 Å². The molecule has 0 aliphatic heterocycles. The van der Waals surface area contributed by atoms with Crippen molar-refractivity contribution in [3.05, 3.63) is 58.3 Å². The van der Waals surface area contributed by atoms with Crippen molar-refractivity contribution in [3.63, 3.8) is 0 Å². The van der Waals surface area contributed by atoms with E-state index in [1.165, 1.54) is 12.1 Å². The third kappa shape index (κ3) is 2.75. The van der Waals surface area contributed by atoms with Gasteiger partial charge in [0.25, 0.3) is 5.78 Å². The molecule has 0 aromatic heterocycles. The third-order valence-electron chi connectivity index (χ3n) is 2.66. The van der Waals surface area contributed by atoms with Crippen molar-refractivity contribution in [1.82, 2.24) is 0 Å². The van der Waals surface area contributed by atoms with Gasteiger partial charge in [-0.15, -0.1) is 0 Å². The van der Waals surface area contributed by atoms with Crippen LogP contribution in [0.15, 0.2) is 46.9 Å². The van der Waals surface area contributed by atoms with Crippen LogP contribution in [0.1, 0.15) is 10.4 Å². The number of hydrogen-bond acceptors (Lipinski definition) is 1. The second-order valence-electron chi connectivity index (χ2n) is 3.98. The number of alkyl halides is 3. The maximum Gasteiger partial charge on any atom is 0.455 e. The Morgan fingerprint density at radius 1 is 1.00 bits per heavy atom. The van der Waals surface area contributed by atoms with E-state index in [4.69, 9.17) is 0 Å². The normalized spacial score (nSPS) is 11.4. The largest absolute Gasteiger partial charge is 0.455 e. The minimum Gasteiger partial charge on any atom is -0.284 e. The van der Waals surface area contributed by atoms with Crippen molar-refractivity contribution >= 4 is 21.7 Å². The summed E-state index contributed by atoms with van der Waals surface area (Å²) in [5.74, 6) is -3.40. The van der Waals surface area contributed by atoms with Crippen LogP contribution < -0.4 is 0 Å². The van der Waals surface area contributed by atoms with Gasteiger partial charge in [0.2, 0.25) is 0 Å². The number of hydrogen-bond donors (Lipinski definition) is 0. The standard InChI is InChI=1S/C14H7BrF4O/c15-10-7-6-9(8-4-2-1-3-5-8)12(16)11(10)13(20)14(17,18)19/h1-7H. The van der Waals surface area contributed by atoms with Crippen LogP contribution in [0.5, 0.6) is 0 Å². The number of halogens is 5. The van der Waals surface area contributed by atoms with Gasteiger partial charge in [-0.2, -0.15) is 13.2 Å². The fourth-order valence-corrected chi connectivity index (χ4v) is 2.23. The lowest BCUT2D eigenvalue weighted by molar-refractivity contribution is -0.0888. The average Bonchev–Trinajstić information content (AvgIpc) is 2.38. The first-order chi connectivity index (χ1) is 9.32. The highest BCUT2D eigenvalue weighted by Crippen LogP contribution is 2.33. The van der Waals surface area contributed by atoms with Gasteiger partial charge in [-0.3, -0.25) is 4.79 Å². The lowest BCUT2D eigenvalue weighted by Gasteiger charge is -2.11. The summed E-state index contributed by atoms with van der Waals surface area (Å²) in [5.41, 5.74) is -0.658. The summed E-state index contributed by atoms with van der Waals surface area (Å²) in [6.07, 6.45) is -5.13. The summed E-state index contributed by atoms with van der Waals surface area (Å²) in [5, 5.41) is 0. The van der Waals surface area contributed by atoms with Crippen LogP contribution in [-0.4, -0.2) is 12.0 Å². The molecular formula is C14H7BrF4O. The summed E-state index contributed by atoms with van der Waals surface area (Å²) >= 11 is 2.79. The summed E-state index contributed by atoms with van der Waals surface area (Å²) in [4.78, 5) is 11.3. The molecule has 0 N–H and O–H groups in total. The maximum atomic E-state index is 14.2. The van der Waals surface area contributed by atoms with E-state index in [0.717, 1.165) is 0 Å². The molecule has 0 spiro atoms. The smallest absolute Gasteiger partial charge is 0.284 e. The topological polar surface area (TPSA) is 17.1 Å². The summed E-state index contributed by atoms with van der Waals surface area (Å²) < 4.78 is 51.5. The second kappa shape index (κ2) is 5.36. The van der Waals surface area contributed by atoms with Gasteiger partial charge in [0.15, 0.2) is 0 Å². The number of carbonyl (C=O) groups excluding carboxylic acids is 1. The summed E-state index contributed by atoms with van der Waals surface area (Å²) in [6.45, 7) is 0. The second-order valence-corrected chi connectivity index (χ2v) is 4.83. The fourth-order valence-electron chi connectivity index (χ4n) is 1.74. The number of Topliss-reactive ketones (excluding diaryl/α,β-unsaturated/α-hetero) is 1. The first kappa shape index (κ1) is 14.7. The van der Waals surface area contributed by atoms with E-state index in [1.807, 2.05) is 0 Å². The molecule has 0 aliphatic carbocycles. The Labute approximate surface area is 120 Å². The molecule has 0 fully saturated rings. The van der Waals surface area contributed by atoms with Crippen LogP contribution in [-0.2, 0) is 0 Å². The van der Waals surface area contributed by atoms with Crippen molar-refractivity contribution in [2.24, 2.45) is 0 Å². The average molecular weight is 347 g/mol. The molecular weight excluding hydrogens is 340 g/mol. The molecule has 6 heteroatoms. The highest BCUT2D eigenvalue weighted by molar-refractivity contribution is 9.10. The van der Waals surface area contributed by atoms with Crippen molar-refractivity contribution in [3.8, 4) is 11.1 Å². The van der Waals surface area contributed by atoms with Crippen LogP contribution in [0.2, 0.25) is 0 Å². The van der Waals surface area contributed by atoms with Crippen molar-refractivity contribution in [1.29, 1.82) is 0 Å². The first-order valence-electron chi connectivity index (χ1n) is 5.47. The lowest BCUT2D eigenvalue weighted by atomic mass is 10.00. The van der Waals surface area contributed by atoms with Crippen LogP contribution in [0, 0.1) is 5.82 Å². The molecule has 20 heavy (non-hydrogen) atoms. The van der Waals surface area contributed by atoms with E-state index < -0.39 is 23.3 Å². The fraction of sp³-hybridized carbons (Fsp3) is 0.0714. The molecule has 0 aliphatic rings. The molecule has 0 amide bonds. The number of ketones is 1. The summed E-state index contributed by atoms with van der Waals surface area (Å²) in [6, 6.07) is 10.6. The zero-order valence-electron chi connectivity index (χ0n) is 9.84. The van der Waals surface area contributed by atoms with Gasteiger partial charge in [0.05, 0.1) is 5.56 Å². The quantitative estimate of drug-likeness (QED) is 0.552. The van der Waals surface area contributed by atoms with E-state index in [0.29, 0.717) is 5.56 Å². The van der Waals surface area contributed by atoms with E-state index >= 15 is 0 Å². The Hall–Kier alpha value is -1.69. The number of carbonyl (C=O) groups is 1. The third-order valence-corrected chi connectivity index (χ3v) is 3.32. The Kier molecular flexibility index (Phi) is 3.94. The van der Waals surface area contributed by atoms with Gasteiger partial charge >= 0.3 is 6.18 Å². The molecule has 0 saturated heterocycles. The minimum atomic E-state index is -5.13. The maximum absolute atomic E-state index is 14.2. The molecule has 0 unspecified atom stereocenters. The zero-order valence-corrected chi connectivity index (χ0v) is 11.4. The minimum absolute atomic E-state index is 0.0543. The molecule has 2 aromatic carbocycles. The number of benzene rings is 2. The highest BCUT2D eigenvalue weighted by atomic mass is 79.9. The van der Waals surface area contributed by atoms with E-state index in [1.54, 1.807) is 30.3 Å². The van der Waals surface area contributed by atoms with E-state index in [2.05, 4.69) is 15.9 Å². The van der Waals surface area contributed by atoms with Gasteiger partial charge in [0, 0.05) is 10.0 Å². The monoisotopic (exact) mass is 346 g/mol. The molecule has 104 valence electrons. The SMILES string of the molecule is O=C(c1c(Br)ccc(-c2ccccc2)c1F)C(F)(F)F. The molecule has 0 heterocycles. The Morgan fingerprint density at radius 2 is 1.60 bits per heavy atom. The highest BCUT2D eigenvalue weighted by Gasteiger charge is 2.42. The van der Waals surface area contributed by atoms with E-state index in [-0.39, 0.29) is 10.0 Å². The molecule has 2 rings (SSSR count).